The van der Waals surface area contributed by atoms with Crippen LogP contribution in [0.1, 0.15) is 13.8 Å². The molecular weight excluding hydrogens is 206 g/mol. The monoisotopic (exact) mass is 226 g/mol. The molecule has 0 aliphatic heterocycles. The predicted molar refractivity (Wildman–Crippen MR) is 68.2 cm³/mol. The summed E-state index contributed by atoms with van der Waals surface area (Å²) in [4.78, 5) is 0. The van der Waals surface area contributed by atoms with Gasteiger partial charge in [0.2, 0.25) is 0 Å². The van der Waals surface area contributed by atoms with Crippen molar-refractivity contribution < 1.29 is 9.63 Å². The van der Waals surface area contributed by atoms with Crippen LogP contribution in [0.15, 0.2) is 24.8 Å². The minimum absolute atomic E-state index is 0.0349. The summed E-state index contributed by atoms with van der Waals surface area (Å²) >= 11 is 0. The van der Waals surface area contributed by atoms with Crippen molar-refractivity contribution in [2.45, 2.75) is 20.0 Å². The van der Waals surface area contributed by atoms with Crippen molar-refractivity contribution >= 4 is 15.6 Å². The van der Waals surface area contributed by atoms with Crippen molar-refractivity contribution in [3.05, 3.63) is 24.8 Å². The normalized spacial score (nSPS) is 19.7. The second-order valence-electron chi connectivity index (χ2n) is 3.76. The maximum atomic E-state index is 9.13. The molecule has 0 aliphatic rings. The van der Waals surface area contributed by atoms with Gasteiger partial charge in [0, 0.05) is 18.4 Å². The Morgan fingerprint density at radius 1 is 1.53 bits per heavy atom. The Hall–Kier alpha value is -0.105. The van der Waals surface area contributed by atoms with Gasteiger partial charge in [-0.3, -0.25) is 0 Å². The summed E-state index contributed by atoms with van der Waals surface area (Å²) in [5.41, 5.74) is 0. The van der Waals surface area contributed by atoms with Gasteiger partial charge in [-0.1, -0.05) is 38.7 Å². The maximum absolute atomic E-state index is 9.13. The molecule has 0 saturated heterocycles. The molecule has 0 aromatic carbocycles. The molecule has 84 valence electrons. The summed E-state index contributed by atoms with van der Waals surface area (Å²) in [6.07, 6.45) is 5.60. The highest BCUT2D eigenvalue weighted by molar-refractivity contribution is 7.77. The Labute approximate surface area is 95.6 Å². The SMILES string of the molecule is [B]P(C)OC(C(C)/C=C/C=C)C(C)CO. The zero-order valence-corrected chi connectivity index (χ0v) is 10.7. The van der Waals surface area contributed by atoms with Crippen LogP contribution in [0, 0.1) is 11.8 Å². The molecule has 4 heteroatoms. The summed E-state index contributed by atoms with van der Waals surface area (Å²) in [6.45, 7) is 9.60. The first-order chi connectivity index (χ1) is 7.02. The first-order valence-corrected chi connectivity index (χ1v) is 6.85. The first-order valence-electron chi connectivity index (χ1n) is 5.08. The quantitative estimate of drug-likeness (QED) is 0.410. The summed E-state index contributed by atoms with van der Waals surface area (Å²) in [5.74, 6) is 0.307. The zero-order chi connectivity index (χ0) is 11.8. The van der Waals surface area contributed by atoms with Gasteiger partial charge in [0.1, 0.15) is 7.57 Å². The third-order valence-electron chi connectivity index (χ3n) is 2.21. The van der Waals surface area contributed by atoms with Gasteiger partial charge in [-0.05, 0) is 14.7 Å². The molecule has 2 nitrogen and oxygen atoms in total. The van der Waals surface area contributed by atoms with Gasteiger partial charge in [-0.15, -0.1) is 0 Å². The van der Waals surface area contributed by atoms with Crippen molar-refractivity contribution in [1.29, 1.82) is 0 Å². The highest BCUT2D eigenvalue weighted by Gasteiger charge is 2.23. The van der Waals surface area contributed by atoms with Gasteiger partial charge < -0.3 is 9.63 Å². The van der Waals surface area contributed by atoms with Crippen LogP contribution >= 0.6 is 8.03 Å². The van der Waals surface area contributed by atoms with Crippen molar-refractivity contribution in [1.82, 2.24) is 0 Å². The standard InChI is InChI=1S/C11H20BO2P/c1-5-6-7-9(2)11(10(3)8-13)14-15(4)12/h5-7,9-11,13H,1,8H2,2-4H3/b7-6+. The molecule has 0 aromatic heterocycles. The predicted octanol–water partition coefficient (Wildman–Crippen LogP) is 2.49. The lowest BCUT2D eigenvalue weighted by molar-refractivity contribution is 0.0842. The summed E-state index contributed by atoms with van der Waals surface area (Å²) in [6, 6.07) is 0. The lowest BCUT2D eigenvalue weighted by atomic mass is 9.94. The Kier molecular flexibility index (Phi) is 8.04. The molecule has 2 radical (unpaired) electrons. The number of allylic oxidation sites excluding steroid dienone is 2. The molecule has 0 rings (SSSR count). The molecule has 4 atom stereocenters. The molecule has 0 amide bonds. The number of hydrogen-bond donors (Lipinski definition) is 1. The molecule has 0 bridgehead atoms. The van der Waals surface area contributed by atoms with E-state index in [4.69, 9.17) is 17.2 Å². The molecule has 0 aliphatic carbocycles. The molecule has 0 heterocycles. The Morgan fingerprint density at radius 2 is 2.13 bits per heavy atom. The summed E-state index contributed by atoms with van der Waals surface area (Å²) in [5, 5.41) is 9.13. The molecule has 0 aromatic rings. The average molecular weight is 226 g/mol. The lowest BCUT2D eigenvalue weighted by Crippen LogP contribution is -2.28. The van der Waals surface area contributed by atoms with E-state index >= 15 is 0 Å². The molecule has 4 unspecified atom stereocenters. The fourth-order valence-electron chi connectivity index (χ4n) is 1.38. The van der Waals surface area contributed by atoms with Gasteiger partial charge >= 0.3 is 0 Å². The maximum Gasteiger partial charge on any atom is 0.148 e. The van der Waals surface area contributed by atoms with Crippen molar-refractivity contribution in [3.8, 4) is 0 Å². The second-order valence-corrected chi connectivity index (χ2v) is 5.06. The van der Waals surface area contributed by atoms with Gasteiger partial charge in [0.15, 0.2) is 0 Å². The van der Waals surface area contributed by atoms with Gasteiger partial charge in [-0.2, -0.15) is 0 Å². The minimum Gasteiger partial charge on any atom is -0.396 e. The number of aliphatic hydroxyl groups excluding tert-OH is 1. The molecule has 0 spiro atoms. The fourth-order valence-corrected chi connectivity index (χ4v) is 2.16. The fraction of sp³-hybridized carbons (Fsp3) is 0.636. The van der Waals surface area contributed by atoms with Crippen molar-refractivity contribution in [2.24, 2.45) is 11.8 Å². The van der Waals surface area contributed by atoms with Gasteiger partial charge in [-0.25, -0.2) is 0 Å². The third kappa shape index (κ3) is 6.14. The summed E-state index contributed by atoms with van der Waals surface area (Å²) in [7, 11) is 4.77. The Bertz CT molecular complexity index is 207. The van der Waals surface area contributed by atoms with E-state index in [2.05, 4.69) is 13.5 Å². The van der Waals surface area contributed by atoms with Crippen LogP contribution in [-0.4, -0.2) is 32.0 Å². The van der Waals surface area contributed by atoms with Crippen LogP contribution in [0.5, 0.6) is 0 Å². The average Bonchev–Trinajstić information content (AvgIpc) is 2.21. The van der Waals surface area contributed by atoms with E-state index in [-0.39, 0.29) is 24.5 Å². The molecular formula is C11H20BO2P. The summed E-state index contributed by atoms with van der Waals surface area (Å²) < 4.78 is 5.66. The van der Waals surface area contributed by atoms with Crippen LogP contribution in [-0.2, 0) is 4.52 Å². The zero-order valence-electron chi connectivity index (χ0n) is 9.76. The smallest absolute Gasteiger partial charge is 0.148 e. The number of rotatable bonds is 7. The van der Waals surface area contributed by atoms with Crippen LogP contribution in [0.2, 0.25) is 0 Å². The topological polar surface area (TPSA) is 29.5 Å². The van der Waals surface area contributed by atoms with E-state index in [1.54, 1.807) is 6.08 Å². The first kappa shape index (κ1) is 14.9. The van der Waals surface area contributed by atoms with E-state index in [1.807, 2.05) is 25.7 Å². The van der Waals surface area contributed by atoms with Crippen LogP contribution in [0.3, 0.4) is 0 Å². The van der Waals surface area contributed by atoms with Crippen LogP contribution < -0.4 is 0 Å². The second kappa shape index (κ2) is 8.09. The van der Waals surface area contributed by atoms with E-state index in [9.17, 15) is 0 Å². The van der Waals surface area contributed by atoms with Gasteiger partial charge in [0.05, 0.1) is 6.10 Å². The van der Waals surface area contributed by atoms with E-state index < -0.39 is 8.03 Å². The van der Waals surface area contributed by atoms with Gasteiger partial charge in [0.25, 0.3) is 0 Å². The highest BCUT2D eigenvalue weighted by atomic mass is 31.1. The number of aliphatic hydroxyl groups is 1. The Balaban J connectivity index is 4.45. The third-order valence-corrected chi connectivity index (χ3v) is 2.78. The minimum atomic E-state index is -0.896. The molecule has 0 saturated carbocycles. The molecule has 15 heavy (non-hydrogen) atoms. The lowest BCUT2D eigenvalue weighted by Gasteiger charge is -2.29. The molecule has 1 N–H and O–H groups in total. The van der Waals surface area contributed by atoms with Crippen LogP contribution in [0.4, 0.5) is 0 Å². The molecule has 0 fully saturated rings. The van der Waals surface area contributed by atoms with E-state index in [0.717, 1.165) is 0 Å². The van der Waals surface area contributed by atoms with Crippen LogP contribution in [0.25, 0.3) is 0 Å². The van der Waals surface area contributed by atoms with E-state index in [1.165, 1.54) is 0 Å². The Morgan fingerprint density at radius 3 is 2.53 bits per heavy atom. The largest absolute Gasteiger partial charge is 0.396 e. The van der Waals surface area contributed by atoms with Crippen molar-refractivity contribution in [3.63, 3.8) is 0 Å². The van der Waals surface area contributed by atoms with Crippen molar-refractivity contribution in [2.75, 3.05) is 13.3 Å². The number of hydrogen-bond acceptors (Lipinski definition) is 2. The van der Waals surface area contributed by atoms with E-state index in [0.29, 0.717) is 0 Å². The highest BCUT2D eigenvalue weighted by Crippen LogP contribution is 2.33.